The van der Waals surface area contributed by atoms with Crippen LogP contribution in [0.2, 0.25) is 0 Å². The largest absolute Gasteiger partial charge is 0.433 e. The quantitative estimate of drug-likeness (QED) is 0.476. The van der Waals surface area contributed by atoms with E-state index in [2.05, 4.69) is 5.09 Å². The van der Waals surface area contributed by atoms with Crippen LogP contribution < -0.4 is 9.61 Å². The van der Waals surface area contributed by atoms with Crippen molar-refractivity contribution in [1.82, 2.24) is 5.09 Å². The van der Waals surface area contributed by atoms with Gasteiger partial charge in [-0.3, -0.25) is 10.1 Å². The van der Waals surface area contributed by atoms with E-state index < -0.39 is 11.6 Å². The first-order chi connectivity index (χ1) is 6.94. The van der Waals surface area contributed by atoms with Crippen LogP contribution >= 0.6 is 6.64 Å². The van der Waals surface area contributed by atoms with Crippen LogP contribution in [0.3, 0.4) is 0 Å². The van der Waals surface area contributed by atoms with Crippen molar-refractivity contribution >= 4 is 24.1 Å². The van der Waals surface area contributed by atoms with Crippen molar-refractivity contribution in [2.45, 2.75) is 0 Å². The molecule has 8 heteroatoms. The Labute approximate surface area is 91.3 Å². The predicted octanol–water partition coefficient (Wildman–Crippen LogP) is 1.41. The molecule has 6 nitrogen and oxygen atoms in total. The number of nitrogens with zero attached hydrogens (tertiary/aromatic N) is 1. The fraction of sp³-hybridized carbons (Fsp3) is 0.143. The zero-order valence-corrected chi connectivity index (χ0v) is 9.49. The molecule has 1 atom stereocenters. The van der Waals surface area contributed by atoms with Crippen molar-refractivity contribution in [2.75, 3.05) is 7.05 Å². The molecule has 1 aromatic carbocycles. The maximum atomic E-state index is 10.3. The van der Waals surface area contributed by atoms with Gasteiger partial charge in [0.05, 0.1) is 4.92 Å². The zero-order valence-electron chi connectivity index (χ0n) is 7.78. The standard InChI is InChI=1S/C7H9N2O4PS/c1-8-14(12,15)13-7-4-2-6(3-5-7)9(10)11/h2-5H,1H3,(H2,8,12,15). The van der Waals surface area contributed by atoms with E-state index >= 15 is 0 Å². The first kappa shape index (κ1) is 12.1. The Hall–Kier alpha value is -1.01. The average molecular weight is 248 g/mol. The van der Waals surface area contributed by atoms with Gasteiger partial charge in [0.15, 0.2) is 0 Å². The van der Waals surface area contributed by atoms with Crippen molar-refractivity contribution in [1.29, 1.82) is 0 Å². The number of benzene rings is 1. The topological polar surface area (TPSA) is 84.6 Å². The van der Waals surface area contributed by atoms with Crippen LogP contribution in [0.15, 0.2) is 24.3 Å². The Morgan fingerprint density at radius 1 is 1.53 bits per heavy atom. The van der Waals surface area contributed by atoms with Gasteiger partial charge < -0.3 is 9.42 Å². The molecule has 2 N–H and O–H groups in total. The first-order valence-electron chi connectivity index (χ1n) is 3.90. The predicted molar refractivity (Wildman–Crippen MR) is 59.3 cm³/mol. The zero-order chi connectivity index (χ0) is 11.5. The molecule has 0 aliphatic rings. The molecule has 0 radical (unpaired) electrons. The number of rotatable bonds is 4. The Kier molecular flexibility index (Phi) is 3.76. The molecule has 0 fully saturated rings. The molecule has 82 valence electrons. The van der Waals surface area contributed by atoms with Crippen LogP contribution in [0.4, 0.5) is 5.69 Å². The van der Waals surface area contributed by atoms with Crippen molar-refractivity contribution in [3.63, 3.8) is 0 Å². The highest BCUT2D eigenvalue weighted by Gasteiger charge is 2.12. The maximum Gasteiger partial charge on any atom is 0.309 e. The molecule has 0 bridgehead atoms. The summed E-state index contributed by atoms with van der Waals surface area (Å²) in [4.78, 5) is 19.2. The summed E-state index contributed by atoms with van der Waals surface area (Å²) >= 11 is 4.71. The number of nitro groups is 1. The lowest BCUT2D eigenvalue weighted by Gasteiger charge is -2.14. The van der Waals surface area contributed by atoms with Crippen molar-refractivity contribution in [2.24, 2.45) is 0 Å². The summed E-state index contributed by atoms with van der Waals surface area (Å²) in [6, 6.07) is 5.32. The molecule has 0 spiro atoms. The van der Waals surface area contributed by atoms with Crippen LogP contribution in [-0.2, 0) is 11.8 Å². The van der Waals surface area contributed by atoms with Gasteiger partial charge in [0, 0.05) is 12.1 Å². The van der Waals surface area contributed by atoms with Crippen LogP contribution in [-0.4, -0.2) is 16.9 Å². The summed E-state index contributed by atoms with van der Waals surface area (Å²) in [6.45, 7) is -3.02. The first-order valence-corrected chi connectivity index (χ1v) is 6.58. The summed E-state index contributed by atoms with van der Waals surface area (Å²) in [7, 11) is 1.48. The summed E-state index contributed by atoms with van der Waals surface area (Å²) in [5.41, 5.74) is -0.0435. The van der Waals surface area contributed by atoms with Crippen LogP contribution in [0.1, 0.15) is 0 Å². The Morgan fingerprint density at radius 2 is 2.07 bits per heavy atom. The van der Waals surface area contributed by atoms with Gasteiger partial charge in [-0.1, -0.05) is 0 Å². The van der Waals surface area contributed by atoms with Gasteiger partial charge in [0.1, 0.15) is 5.75 Å². The maximum absolute atomic E-state index is 10.3. The van der Waals surface area contributed by atoms with Gasteiger partial charge in [-0.15, -0.1) is 0 Å². The van der Waals surface area contributed by atoms with Gasteiger partial charge in [0.25, 0.3) is 5.69 Å². The lowest BCUT2D eigenvalue weighted by Crippen LogP contribution is -2.07. The van der Waals surface area contributed by atoms with E-state index in [9.17, 15) is 15.0 Å². The molecule has 0 saturated carbocycles. The second-order valence-corrected chi connectivity index (χ2v) is 5.74. The monoisotopic (exact) mass is 248 g/mol. The molecule has 0 aliphatic carbocycles. The third-order valence-electron chi connectivity index (χ3n) is 1.56. The lowest BCUT2D eigenvalue weighted by molar-refractivity contribution is -0.384. The summed E-state index contributed by atoms with van der Waals surface area (Å²) in [5, 5.41) is 12.8. The molecule has 15 heavy (non-hydrogen) atoms. The van der Waals surface area contributed by atoms with Crippen LogP contribution in [0.5, 0.6) is 5.75 Å². The molecule has 0 aromatic heterocycles. The van der Waals surface area contributed by atoms with E-state index in [0.29, 0.717) is 5.75 Å². The van der Waals surface area contributed by atoms with Crippen molar-refractivity contribution in [3.05, 3.63) is 34.4 Å². The Morgan fingerprint density at radius 3 is 2.47 bits per heavy atom. The molecule has 0 saturated heterocycles. The molecule has 1 rings (SSSR count). The minimum absolute atomic E-state index is 0.0435. The highest BCUT2D eigenvalue weighted by molar-refractivity contribution is 8.08. The van der Waals surface area contributed by atoms with Gasteiger partial charge in [0.2, 0.25) is 0 Å². The Bertz CT molecular complexity index is 408. The minimum Gasteiger partial charge on any atom is -0.433 e. The minimum atomic E-state index is -3.02. The van der Waals surface area contributed by atoms with Gasteiger partial charge in [-0.05, 0) is 31.0 Å². The molecule has 0 heterocycles. The molecular weight excluding hydrogens is 239 g/mol. The average Bonchev–Trinajstić information content (AvgIpc) is 2.18. The van der Waals surface area contributed by atoms with Gasteiger partial charge in [-0.2, -0.15) is 0 Å². The molecule has 0 aliphatic heterocycles. The number of hydrogen-bond donors (Lipinski definition) is 2. The van der Waals surface area contributed by atoms with E-state index in [1.54, 1.807) is 0 Å². The molecular formula is C7H9N2O4PS. The van der Waals surface area contributed by atoms with Crippen LogP contribution in [0.25, 0.3) is 0 Å². The van der Waals surface area contributed by atoms with Crippen molar-refractivity contribution < 1.29 is 14.3 Å². The van der Waals surface area contributed by atoms with Gasteiger partial charge >= 0.3 is 6.64 Å². The molecule has 1 unspecified atom stereocenters. The third kappa shape index (κ3) is 3.56. The number of hydrogen-bond acceptors (Lipinski definition) is 4. The fourth-order valence-corrected chi connectivity index (χ4v) is 1.57. The fourth-order valence-electron chi connectivity index (χ4n) is 0.817. The normalized spacial score (nSPS) is 14.3. The summed E-state index contributed by atoms with van der Waals surface area (Å²) in [5.74, 6) is 0.292. The summed E-state index contributed by atoms with van der Waals surface area (Å²) in [6.07, 6.45) is 0. The van der Waals surface area contributed by atoms with Crippen LogP contribution in [0, 0.1) is 10.1 Å². The van der Waals surface area contributed by atoms with Crippen molar-refractivity contribution in [3.8, 4) is 5.75 Å². The number of non-ortho nitro benzene ring substituents is 1. The van der Waals surface area contributed by atoms with E-state index in [4.69, 9.17) is 16.3 Å². The molecule has 0 amide bonds. The SMILES string of the molecule is CNP(O)(=S)Oc1ccc([N+](=O)[O-])cc1. The number of nitro benzene ring substituents is 1. The third-order valence-corrected chi connectivity index (χ3v) is 3.35. The Balaban J connectivity index is 2.82. The van der Waals surface area contributed by atoms with E-state index in [1.165, 1.54) is 31.3 Å². The molecule has 1 aromatic rings. The second kappa shape index (κ2) is 4.67. The van der Waals surface area contributed by atoms with E-state index in [1.807, 2.05) is 0 Å². The lowest BCUT2D eigenvalue weighted by atomic mass is 10.3. The highest BCUT2D eigenvalue weighted by Crippen LogP contribution is 2.37. The number of nitrogens with one attached hydrogen (secondary N) is 1. The second-order valence-electron chi connectivity index (χ2n) is 2.59. The van der Waals surface area contributed by atoms with Gasteiger partial charge in [-0.25, -0.2) is 5.09 Å². The smallest absolute Gasteiger partial charge is 0.309 e. The highest BCUT2D eigenvalue weighted by atomic mass is 32.5. The van der Waals surface area contributed by atoms with E-state index in [0.717, 1.165) is 0 Å². The van der Waals surface area contributed by atoms with E-state index in [-0.39, 0.29) is 5.69 Å². The summed E-state index contributed by atoms with van der Waals surface area (Å²) < 4.78 is 5.03.